The Morgan fingerprint density at radius 1 is 1.37 bits per heavy atom. The number of hydrazine groups is 1. The molecule has 4 N–H and O–H groups in total. The third-order valence-corrected chi connectivity index (χ3v) is 3.93. The fourth-order valence-corrected chi connectivity index (χ4v) is 2.60. The third kappa shape index (κ3) is 3.67. The minimum absolute atomic E-state index is 0.0454. The Bertz CT molecular complexity index is 410. The van der Waals surface area contributed by atoms with Crippen LogP contribution in [0.5, 0.6) is 0 Å². The van der Waals surface area contributed by atoms with Crippen molar-refractivity contribution in [2.75, 3.05) is 5.43 Å². The summed E-state index contributed by atoms with van der Waals surface area (Å²) in [5.41, 5.74) is 3.02. The fourth-order valence-electron chi connectivity index (χ4n) is 2.60. The van der Waals surface area contributed by atoms with E-state index in [9.17, 15) is 4.79 Å². The number of nitrogens with two attached hydrogens (primary N) is 1. The molecule has 1 amide bonds. The number of carbonyl (C=O) groups excluding carboxylic acids is 1. The van der Waals surface area contributed by atoms with E-state index in [0.717, 1.165) is 18.8 Å². The SMILES string of the molecule is CCC1CCC(NC(=O)c2ccc(NN)nc2)CC1. The number of aromatic nitrogens is 1. The van der Waals surface area contributed by atoms with Crippen molar-refractivity contribution in [2.24, 2.45) is 11.8 Å². The average molecular weight is 262 g/mol. The summed E-state index contributed by atoms with van der Waals surface area (Å²) in [5.74, 6) is 6.59. The minimum atomic E-state index is -0.0454. The molecular weight excluding hydrogens is 240 g/mol. The maximum absolute atomic E-state index is 12.1. The molecule has 0 spiro atoms. The van der Waals surface area contributed by atoms with E-state index in [4.69, 9.17) is 5.84 Å². The van der Waals surface area contributed by atoms with Crippen LogP contribution in [0.25, 0.3) is 0 Å². The summed E-state index contributed by atoms with van der Waals surface area (Å²) in [6, 6.07) is 3.74. The number of pyridine rings is 1. The van der Waals surface area contributed by atoms with Crippen LogP contribution < -0.4 is 16.6 Å². The second-order valence-corrected chi connectivity index (χ2v) is 5.18. The van der Waals surface area contributed by atoms with Crippen molar-refractivity contribution < 1.29 is 4.79 Å². The van der Waals surface area contributed by atoms with Crippen LogP contribution in [0.1, 0.15) is 49.4 Å². The molecular formula is C14H22N4O. The summed E-state index contributed by atoms with van der Waals surface area (Å²) in [7, 11) is 0. The second-order valence-electron chi connectivity index (χ2n) is 5.18. The summed E-state index contributed by atoms with van der Waals surface area (Å²) in [4.78, 5) is 16.1. The van der Waals surface area contributed by atoms with Crippen molar-refractivity contribution in [1.29, 1.82) is 0 Å². The largest absolute Gasteiger partial charge is 0.349 e. The molecule has 0 aromatic carbocycles. The van der Waals surface area contributed by atoms with E-state index in [1.807, 2.05) is 0 Å². The molecule has 2 rings (SSSR count). The zero-order valence-electron chi connectivity index (χ0n) is 11.4. The van der Waals surface area contributed by atoms with Crippen LogP contribution in [0.3, 0.4) is 0 Å². The van der Waals surface area contributed by atoms with Gasteiger partial charge in [0.25, 0.3) is 5.91 Å². The standard InChI is InChI=1S/C14H22N4O/c1-2-10-3-6-12(7-4-10)17-14(19)11-5-8-13(18-15)16-9-11/h5,8-10,12H,2-4,6-7,15H2,1H3,(H,16,18)(H,17,19). The molecule has 104 valence electrons. The molecule has 0 radical (unpaired) electrons. The number of hydrogen-bond acceptors (Lipinski definition) is 4. The van der Waals surface area contributed by atoms with Crippen molar-refractivity contribution in [3.05, 3.63) is 23.9 Å². The highest BCUT2D eigenvalue weighted by Gasteiger charge is 2.21. The minimum Gasteiger partial charge on any atom is -0.349 e. The molecule has 1 aliphatic rings. The number of hydrogen-bond donors (Lipinski definition) is 3. The number of nitrogen functional groups attached to an aromatic ring is 1. The lowest BCUT2D eigenvalue weighted by molar-refractivity contribution is 0.0921. The fraction of sp³-hybridized carbons (Fsp3) is 0.571. The topological polar surface area (TPSA) is 80.0 Å². The summed E-state index contributed by atoms with van der Waals surface area (Å²) >= 11 is 0. The predicted molar refractivity (Wildman–Crippen MR) is 75.6 cm³/mol. The monoisotopic (exact) mass is 262 g/mol. The molecule has 0 unspecified atom stereocenters. The van der Waals surface area contributed by atoms with Crippen molar-refractivity contribution in [1.82, 2.24) is 10.3 Å². The Labute approximate surface area is 114 Å². The molecule has 0 saturated heterocycles. The van der Waals surface area contributed by atoms with Crippen molar-refractivity contribution in [2.45, 2.75) is 45.1 Å². The molecule has 5 nitrogen and oxygen atoms in total. The number of rotatable bonds is 4. The number of amides is 1. The normalized spacial score (nSPS) is 22.8. The molecule has 1 saturated carbocycles. The Morgan fingerprint density at radius 3 is 2.63 bits per heavy atom. The van der Waals surface area contributed by atoms with Gasteiger partial charge < -0.3 is 10.7 Å². The number of nitrogens with zero attached hydrogens (tertiary/aromatic N) is 1. The lowest BCUT2D eigenvalue weighted by Crippen LogP contribution is -2.37. The molecule has 0 bridgehead atoms. The van der Waals surface area contributed by atoms with Gasteiger partial charge in [-0.15, -0.1) is 0 Å². The molecule has 5 heteroatoms. The van der Waals surface area contributed by atoms with Gasteiger partial charge in [0.1, 0.15) is 5.82 Å². The van der Waals surface area contributed by atoms with Crippen LogP contribution in [-0.4, -0.2) is 16.9 Å². The Kier molecular flexibility index (Phi) is 4.74. The van der Waals surface area contributed by atoms with Gasteiger partial charge >= 0.3 is 0 Å². The summed E-state index contributed by atoms with van der Waals surface area (Å²) < 4.78 is 0. The van der Waals surface area contributed by atoms with E-state index in [-0.39, 0.29) is 5.91 Å². The van der Waals surface area contributed by atoms with E-state index in [1.165, 1.54) is 19.3 Å². The van der Waals surface area contributed by atoms with Crippen molar-refractivity contribution in [3.8, 4) is 0 Å². The Morgan fingerprint density at radius 2 is 2.11 bits per heavy atom. The van der Waals surface area contributed by atoms with Gasteiger partial charge in [0, 0.05) is 12.2 Å². The van der Waals surface area contributed by atoms with E-state index in [1.54, 1.807) is 18.3 Å². The second kappa shape index (κ2) is 6.52. The zero-order valence-corrected chi connectivity index (χ0v) is 11.4. The van der Waals surface area contributed by atoms with Gasteiger partial charge in [-0.2, -0.15) is 0 Å². The van der Waals surface area contributed by atoms with Gasteiger partial charge in [-0.3, -0.25) is 4.79 Å². The maximum atomic E-state index is 12.1. The molecule has 1 heterocycles. The quantitative estimate of drug-likeness (QED) is 0.573. The number of nitrogens with one attached hydrogen (secondary N) is 2. The first kappa shape index (κ1) is 13.8. The van der Waals surface area contributed by atoms with Crippen molar-refractivity contribution in [3.63, 3.8) is 0 Å². The van der Waals surface area contributed by atoms with Crippen LogP contribution in [0.15, 0.2) is 18.3 Å². The highest BCUT2D eigenvalue weighted by atomic mass is 16.1. The zero-order chi connectivity index (χ0) is 13.7. The first-order valence-corrected chi connectivity index (χ1v) is 6.96. The molecule has 0 atom stereocenters. The molecule has 0 aliphatic heterocycles. The lowest BCUT2D eigenvalue weighted by atomic mass is 9.84. The van der Waals surface area contributed by atoms with E-state index >= 15 is 0 Å². The molecule has 1 aromatic rings. The number of carbonyl (C=O) groups is 1. The number of anilines is 1. The molecule has 1 aliphatic carbocycles. The first-order chi connectivity index (χ1) is 9.22. The predicted octanol–water partition coefficient (Wildman–Crippen LogP) is 2.07. The van der Waals surface area contributed by atoms with E-state index < -0.39 is 0 Å². The van der Waals surface area contributed by atoms with Crippen LogP contribution in [0.2, 0.25) is 0 Å². The highest BCUT2D eigenvalue weighted by molar-refractivity contribution is 5.94. The highest BCUT2D eigenvalue weighted by Crippen LogP contribution is 2.26. The van der Waals surface area contributed by atoms with Crippen LogP contribution in [0, 0.1) is 5.92 Å². The Hall–Kier alpha value is -1.62. The molecule has 1 aromatic heterocycles. The van der Waals surface area contributed by atoms with Gasteiger partial charge in [-0.1, -0.05) is 13.3 Å². The van der Waals surface area contributed by atoms with E-state index in [0.29, 0.717) is 17.4 Å². The summed E-state index contributed by atoms with van der Waals surface area (Å²) in [6.07, 6.45) is 7.39. The molecule has 1 fully saturated rings. The maximum Gasteiger partial charge on any atom is 0.253 e. The third-order valence-electron chi connectivity index (χ3n) is 3.93. The van der Waals surface area contributed by atoms with Crippen LogP contribution in [0.4, 0.5) is 5.82 Å². The first-order valence-electron chi connectivity index (χ1n) is 6.96. The average Bonchev–Trinajstić information content (AvgIpc) is 2.48. The van der Waals surface area contributed by atoms with Gasteiger partial charge in [0.05, 0.1) is 5.56 Å². The van der Waals surface area contributed by atoms with Gasteiger partial charge in [-0.05, 0) is 43.7 Å². The van der Waals surface area contributed by atoms with Crippen LogP contribution in [-0.2, 0) is 0 Å². The summed E-state index contributed by atoms with van der Waals surface area (Å²) in [5, 5.41) is 3.09. The molecule has 19 heavy (non-hydrogen) atoms. The van der Waals surface area contributed by atoms with Gasteiger partial charge in [0.15, 0.2) is 0 Å². The summed E-state index contributed by atoms with van der Waals surface area (Å²) in [6.45, 7) is 2.24. The van der Waals surface area contributed by atoms with Gasteiger partial charge in [0.2, 0.25) is 0 Å². The Balaban J connectivity index is 1.87. The van der Waals surface area contributed by atoms with Crippen molar-refractivity contribution >= 4 is 11.7 Å². The smallest absolute Gasteiger partial charge is 0.253 e. The lowest BCUT2D eigenvalue weighted by Gasteiger charge is -2.28. The van der Waals surface area contributed by atoms with E-state index in [2.05, 4.69) is 22.7 Å². The van der Waals surface area contributed by atoms with Gasteiger partial charge in [-0.25, -0.2) is 10.8 Å². The van der Waals surface area contributed by atoms with Crippen LogP contribution >= 0.6 is 0 Å².